The molecule has 6 heteroatoms. The van der Waals surface area contributed by atoms with Gasteiger partial charge in [-0.15, -0.1) is 11.3 Å². The number of carboxylic acids is 1. The molecule has 0 radical (unpaired) electrons. The summed E-state index contributed by atoms with van der Waals surface area (Å²) >= 11 is 1.59. The molecule has 2 unspecified atom stereocenters. The fraction of sp³-hybridized carbons (Fsp3) is 0.667. The van der Waals surface area contributed by atoms with Crippen LogP contribution in [-0.4, -0.2) is 34.8 Å². The lowest BCUT2D eigenvalue weighted by molar-refractivity contribution is -0.138. The van der Waals surface area contributed by atoms with Crippen LogP contribution in [0.5, 0.6) is 0 Å². The van der Waals surface area contributed by atoms with Crippen LogP contribution in [0.4, 0.5) is 5.13 Å². The van der Waals surface area contributed by atoms with Crippen molar-refractivity contribution in [3.05, 3.63) is 10.6 Å². The van der Waals surface area contributed by atoms with Crippen LogP contribution in [0.25, 0.3) is 0 Å². The Hall–Kier alpha value is -1.14. The molecule has 0 bridgehead atoms. The number of ether oxygens (including phenoxy) is 1. The number of carbonyl (C=O) groups is 1. The van der Waals surface area contributed by atoms with Crippen LogP contribution in [-0.2, 0) is 16.0 Å². The molecule has 0 saturated carbocycles. The van der Waals surface area contributed by atoms with E-state index >= 15 is 0 Å². The molecule has 2 aliphatic rings. The Balaban J connectivity index is 1.80. The van der Waals surface area contributed by atoms with Gasteiger partial charge in [0.25, 0.3) is 0 Å². The molecule has 1 fully saturated rings. The van der Waals surface area contributed by atoms with Crippen molar-refractivity contribution in [2.45, 2.75) is 37.6 Å². The SMILES string of the molecule is CC1(Nc2nc3c(s2)CCC3C(=O)O)CCOC1. The number of aryl methyl sites for hydroxylation is 1. The van der Waals surface area contributed by atoms with E-state index in [0.717, 1.165) is 35.2 Å². The molecular formula is C12H16N2O3S. The first-order valence-electron chi connectivity index (χ1n) is 6.16. The van der Waals surface area contributed by atoms with Gasteiger partial charge < -0.3 is 15.2 Å². The Labute approximate surface area is 109 Å². The highest BCUT2D eigenvalue weighted by atomic mass is 32.1. The molecular weight excluding hydrogens is 252 g/mol. The topological polar surface area (TPSA) is 71.5 Å². The zero-order valence-corrected chi connectivity index (χ0v) is 11.0. The molecule has 2 heterocycles. The van der Waals surface area contributed by atoms with E-state index in [0.29, 0.717) is 13.0 Å². The second-order valence-corrected chi connectivity index (χ2v) is 6.33. The molecule has 18 heavy (non-hydrogen) atoms. The summed E-state index contributed by atoms with van der Waals surface area (Å²) in [7, 11) is 0. The lowest BCUT2D eigenvalue weighted by atomic mass is 10.0. The summed E-state index contributed by atoms with van der Waals surface area (Å²) in [6.07, 6.45) is 2.47. The maximum atomic E-state index is 11.1. The van der Waals surface area contributed by atoms with Crippen molar-refractivity contribution in [2.24, 2.45) is 0 Å². The Morgan fingerprint density at radius 3 is 3.17 bits per heavy atom. The predicted molar refractivity (Wildman–Crippen MR) is 68.3 cm³/mol. The van der Waals surface area contributed by atoms with Gasteiger partial charge in [-0.25, -0.2) is 4.98 Å². The third-order valence-corrected chi connectivity index (χ3v) is 4.69. The second kappa shape index (κ2) is 4.20. The van der Waals surface area contributed by atoms with Crippen molar-refractivity contribution >= 4 is 22.4 Å². The lowest BCUT2D eigenvalue weighted by Crippen LogP contribution is -2.34. The smallest absolute Gasteiger partial charge is 0.312 e. The molecule has 0 aromatic carbocycles. The van der Waals surface area contributed by atoms with Gasteiger partial charge in [-0.3, -0.25) is 4.79 Å². The molecule has 0 amide bonds. The Morgan fingerprint density at radius 1 is 1.67 bits per heavy atom. The highest BCUT2D eigenvalue weighted by Crippen LogP contribution is 2.39. The molecule has 0 spiro atoms. The summed E-state index contributed by atoms with van der Waals surface area (Å²) < 4.78 is 5.39. The summed E-state index contributed by atoms with van der Waals surface area (Å²) in [5, 5.41) is 13.4. The van der Waals surface area contributed by atoms with Crippen molar-refractivity contribution in [2.75, 3.05) is 18.5 Å². The lowest BCUT2D eigenvalue weighted by Gasteiger charge is -2.22. The molecule has 1 aromatic heterocycles. The first-order valence-corrected chi connectivity index (χ1v) is 6.97. The molecule has 98 valence electrons. The number of nitrogens with one attached hydrogen (secondary N) is 1. The van der Waals surface area contributed by atoms with Gasteiger partial charge in [0.05, 0.1) is 17.8 Å². The number of anilines is 1. The third kappa shape index (κ3) is 1.99. The van der Waals surface area contributed by atoms with E-state index in [1.165, 1.54) is 0 Å². The van der Waals surface area contributed by atoms with E-state index in [2.05, 4.69) is 17.2 Å². The van der Waals surface area contributed by atoms with Gasteiger partial charge >= 0.3 is 5.97 Å². The van der Waals surface area contributed by atoms with Crippen molar-refractivity contribution in [3.8, 4) is 0 Å². The molecule has 2 atom stereocenters. The molecule has 1 aliphatic heterocycles. The number of carboxylic acid groups (broad SMARTS) is 1. The normalized spacial score (nSPS) is 30.4. The van der Waals surface area contributed by atoms with Crippen molar-refractivity contribution < 1.29 is 14.6 Å². The van der Waals surface area contributed by atoms with Crippen LogP contribution in [0, 0.1) is 0 Å². The quantitative estimate of drug-likeness (QED) is 0.875. The largest absolute Gasteiger partial charge is 0.481 e. The zero-order chi connectivity index (χ0) is 12.8. The van der Waals surface area contributed by atoms with E-state index in [-0.39, 0.29) is 5.54 Å². The monoisotopic (exact) mass is 268 g/mol. The maximum Gasteiger partial charge on any atom is 0.312 e. The van der Waals surface area contributed by atoms with Crippen LogP contribution < -0.4 is 5.32 Å². The fourth-order valence-electron chi connectivity index (χ4n) is 2.54. The predicted octanol–water partition coefficient (Wildman–Crippen LogP) is 1.85. The van der Waals surface area contributed by atoms with Crippen LogP contribution in [0.3, 0.4) is 0 Å². The average Bonchev–Trinajstić information content (AvgIpc) is 2.93. The van der Waals surface area contributed by atoms with Gasteiger partial charge in [0.15, 0.2) is 5.13 Å². The van der Waals surface area contributed by atoms with Crippen LogP contribution in [0.15, 0.2) is 0 Å². The van der Waals surface area contributed by atoms with E-state index in [9.17, 15) is 4.79 Å². The van der Waals surface area contributed by atoms with Crippen molar-refractivity contribution in [1.29, 1.82) is 0 Å². The Kier molecular flexibility index (Phi) is 2.79. The standard InChI is InChI=1S/C12H16N2O3S/c1-12(4-5-17-6-12)14-11-13-9-7(10(15)16)2-3-8(9)18-11/h7H,2-6H2,1H3,(H,13,14)(H,15,16). The first kappa shape index (κ1) is 11.9. The van der Waals surface area contributed by atoms with Gasteiger partial charge in [-0.05, 0) is 26.2 Å². The minimum atomic E-state index is -0.763. The van der Waals surface area contributed by atoms with Gasteiger partial charge in [0.2, 0.25) is 0 Å². The summed E-state index contributed by atoms with van der Waals surface area (Å²) in [6.45, 7) is 3.56. The minimum Gasteiger partial charge on any atom is -0.481 e. The molecule has 1 aromatic rings. The minimum absolute atomic E-state index is 0.0652. The van der Waals surface area contributed by atoms with E-state index < -0.39 is 11.9 Å². The molecule has 3 rings (SSSR count). The first-order chi connectivity index (χ1) is 8.57. The van der Waals surface area contributed by atoms with E-state index in [4.69, 9.17) is 9.84 Å². The number of nitrogens with zero attached hydrogens (tertiary/aromatic N) is 1. The molecule has 5 nitrogen and oxygen atoms in total. The third-order valence-electron chi connectivity index (χ3n) is 3.64. The number of fused-ring (bicyclic) bond motifs is 1. The summed E-state index contributed by atoms with van der Waals surface area (Å²) in [5.41, 5.74) is 0.696. The molecule has 1 aliphatic carbocycles. The summed E-state index contributed by atoms with van der Waals surface area (Å²) in [6, 6.07) is 0. The van der Waals surface area contributed by atoms with Gasteiger partial charge in [0, 0.05) is 11.5 Å². The highest BCUT2D eigenvalue weighted by Gasteiger charge is 2.35. The Morgan fingerprint density at radius 2 is 2.50 bits per heavy atom. The number of rotatable bonds is 3. The number of hydrogen-bond acceptors (Lipinski definition) is 5. The van der Waals surface area contributed by atoms with Gasteiger partial charge in [-0.2, -0.15) is 0 Å². The van der Waals surface area contributed by atoms with E-state index in [1.807, 2.05) is 0 Å². The van der Waals surface area contributed by atoms with Crippen LogP contribution in [0.2, 0.25) is 0 Å². The Bertz CT molecular complexity index is 480. The summed E-state index contributed by atoms with van der Waals surface area (Å²) in [5.74, 6) is -1.18. The second-order valence-electron chi connectivity index (χ2n) is 5.25. The maximum absolute atomic E-state index is 11.1. The zero-order valence-electron chi connectivity index (χ0n) is 10.2. The number of aromatic nitrogens is 1. The van der Waals surface area contributed by atoms with E-state index in [1.54, 1.807) is 11.3 Å². The van der Waals surface area contributed by atoms with Crippen LogP contribution >= 0.6 is 11.3 Å². The average molecular weight is 268 g/mol. The highest BCUT2D eigenvalue weighted by molar-refractivity contribution is 7.15. The molecule has 2 N–H and O–H groups in total. The van der Waals surface area contributed by atoms with Gasteiger partial charge in [0.1, 0.15) is 5.92 Å². The fourth-order valence-corrected chi connectivity index (χ4v) is 3.73. The number of hydrogen-bond donors (Lipinski definition) is 2. The van der Waals surface area contributed by atoms with Crippen LogP contribution in [0.1, 0.15) is 36.3 Å². The number of thiazole rings is 1. The van der Waals surface area contributed by atoms with Crippen molar-refractivity contribution in [3.63, 3.8) is 0 Å². The summed E-state index contributed by atoms with van der Waals surface area (Å²) in [4.78, 5) is 16.7. The molecule has 1 saturated heterocycles. The van der Waals surface area contributed by atoms with Gasteiger partial charge in [-0.1, -0.05) is 0 Å². The van der Waals surface area contributed by atoms with Crippen molar-refractivity contribution in [1.82, 2.24) is 4.98 Å². The number of aliphatic carboxylic acids is 1.